The van der Waals surface area contributed by atoms with Gasteiger partial charge in [-0.3, -0.25) is 19.2 Å². The van der Waals surface area contributed by atoms with Crippen LogP contribution in [0.3, 0.4) is 0 Å². The van der Waals surface area contributed by atoms with Gasteiger partial charge in [0.25, 0.3) is 0 Å². The molecule has 4 N–H and O–H groups in total. The largest absolute Gasteiger partial charge is 0.508 e. The molecule has 3 rings (SSSR count). The van der Waals surface area contributed by atoms with Crippen molar-refractivity contribution < 1.29 is 24.3 Å². The molecule has 1 heterocycles. The van der Waals surface area contributed by atoms with Crippen LogP contribution in [0.5, 0.6) is 5.75 Å². The molecule has 0 radical (unpaired) electrons. The first kappa shape index (κ1) is 21.8. The third kappa shape index (κ3) is 4.63. The second-order valence-electron chi connectivity index (χ2n) is 8.98. The van der Waals surface area contributed by atoms with Crippen LogP contribution in [0.1, 0.15) is 45.1 Å². The number of carbonyl (C=O) groups excluding carboxylic acids is 4. The van der Waals surface area contributed by atoms with Crippen LogP contribution in [-0.2, 0) is 25.6 Å². The number of aromatic hydroxyl groups is 1. The summed E-state index contributed by atoms with van der Waals surface area (Å²) in [6.45, 7) is 4.16. The van der Waals surface area contributed by atoms with Gasteiger partial charge in [-0.1, -0.05) is 26.0 Å². The summed E-state index contributed by atoms with van der Waals surface area (Å²) in [7, 11) is 0. The van der Waals surface area contributed by atoms with E-state index in [0.717, 1.165) is 5.56 Å². The van der Waals surface area contributed by atoms with Crippen LogP contribution in [-0.4, -0.2) is 52.1 Å². The maximum atomic E-state index is 13.3. The molecule has 162 valence electrons. The molecule has 0 bridgehead atoms. The van der Waals surface area contributed by atoms with E-state index in [1.165, 1.54) is 17.0 Å². The summed E-state index contributed by atoms with van der Waals surface area (Å²) in [6, 6.07) is 4.81. The number of rotatable bonds is 6. The average Bonchev–Trinajstić information content (AvgIpc) is 3.26. The average molecular weight is 415 g/mol. The molecule has 1 aromatic carbocycles. The molecule has 3 atom stereocenters. The van der Waals surface area contributed by atoms with Crippen LogP contribution in [0.2, 0.25) is 0 Å². The molecule has 1 unspecified atom stereocenters. The Morgan fingerprint density at radius 1 is 1.27 bits per heavy atom. The zero-order chi connectivity index (χ0) is 22.1. The number of hydrogen-bond acceptors (Lipinski definition) is 5. The van der Waals surface area contributed by atoms with E-state index in [2.05, 4.69) is 5.32 Å². The van der Waals surface area contributed by atoms with Crippen molar-refractivity contribution in [2.45, 2.75) is 58.0 Å². The molecule has 0 aromatic heterocycles. The number of carbonyl (C=O) groups is 4. The van der Waals surface area contributed by atoms with E-state index in [1.54, 1.807) is 12.1 Å². The molecular weight excluding hydrogens is 386 g/mol. The van der Waals surface area contributed by atoms with Gasteiger partial charge in [0.2, 0.25) is 17.7 Å². The molecule has 1 aliphatic heterocycles. The fourth-order valence-corrected chi connectivity index (χ4v) is 4.52. The number of amides is 3. The van der Waals surface area contributed by atoms with Gasteiger partial charge >= 0.3 is 0 Å². The van der Waals surface area contributed by atoms with Crippen LogP contribution >= 0.6 is 0 Å². The number of ketones is 1. The number of nitrogens with two attached hydrogens (primary N) is 1. The Bertz CT molecular complexity index is 849. The van der Waals surface area contributed by atoms with Crippen LogP contribution in [0.15, 0.2) is 24.3 Å². The monoisotopic (exact) mass is 415 g/mol. The summed E-state index contributed by atoms with van der Waals surface area (Å²) < 4.78 is 0. The van der Waals surface area contributed by atoms with Gasteiger partial charge in [-0.05, 0) is 36.0 Å². The van der Waals surface area contributed by atoms with Crippen molar-refractivity contribution >= 4 is 23.5 Å². The van der Waals surface area contributed by atoms with Gasteiger partial charge in [-0.15, -0.1) is 0 Å². The molecule has 0 spiro atoms. The van der Waals surface area contributed by atoms with Crippen molar-refractivity contribution in [3.05, 3.63) is 29.8 Å². The predicted octanol–water partition coefficient (Wildman–Crippen LogP) is 0.901. The molecule has 8 nitrogen and oxygen atoms in total. The van der Waals surface area contributed by atoms with Crippen LogP contribution < -0.4 is 11.1 Å². The number of phenolic OH excluding ortho intramolecular Hbond substituents is 1. The summed E-state index contributed by atoms with van der Waals surface area (Å²) in [5, 5.41) is 12.3. The van der Waals surface area contributed by atoms with E-state index in [0.29, 0.717) is 25.8 Å². The van der Waals surface area contributed by atoms with Crippen molar-refractivity contribution in [1.82, 2.24) is 10.2 Å². The Labute approximate surface area is 175 Å². The van der Waals surface area contributed by atoms with E-state index < -0.39 is 29.3 Å². The Morgan fingerprint density at radius 2 is 1.93 bits per heavy atom. The third-order valence-corrected chi connectivity index (χ3v) is 6.20. The summed E-state index contributed by atoms with van der Waals surface area (Å²) in [5.74, 6) is -1.62. The van der Waals surface area contributed by atoms with Crippen molar-refractivity contribution in [2.24, 2.45) is 17.1 Å². The molecule has 8 heteroatoms. The van der Waals surface area contributed by atoms with Crippen molar-refractivity contribution in [1.29, 1.82) is 0 Å². The second kappa shape index (κ2) is 8.45. The zero-order valence-electron chi connectivity index (χ0n) is 17.4. The molecule has 1 aliphatic carbocycles. The molecule has 3 amide bonds. The minimum Gasteiger partial charge on any atom is -0.508 e. The maximum Gasteiger partial charge on any atom is 0.246 e. The highest BCUT2D eigenvalue weighted by atomic mass is 16.3. The topological polar surface area (TPSA) is 130 Å². The fourth-order valence-electron chi connectivity index (χ4n) is 4.52. The third-order valence-electron chi connectivity index (χ3n) is 6.20. The highest BCUT2D eigenvalue weighted by molar-refractivity contribution is 5.95. The van der Waals surface area contributed by atoms with Crippen molar-refractivity contribution in [3.63, 3.8) is 0 Å². The first-order valence-electron chi connectivity index (χ1n) is 10.3. The lowest BCUT2D eigenvalue weighted by Gasteiger charge is -2.30. The number of benzene rings is 1. The molecule has 30 heavy (non-hydrogen) atoms. The maximum absolute atomic E-state index is 13.3. The van der Waals surface area contributed by atoms with Crippen molar-refractivity contribution in [3.8, 4) is 5.75 Å². The second-order valence-corrected chi connectivity index (χ2v) is 8.98. The normalized spacial score (nSPS) is 23.9. The molecule has 2 fully saturated rings. The minimum atomic E-state index is -0.895. The molecule has 1 saturated heterocycles. The van der Waals surface area contributed by atoms with E-state index >= 15 is 0 Å². The Kier molecular flexibility index (Phi) is 6.14. The highest BCUT2D eigenvalue weighted by Gasteiger charge is 2.45. The SMILES string of the molecule is CC1(C)CC(=O)CC1C(=O)N[C@@H](Cc1ccc(O)cc1)C(=O)N1CCC[C@H]1C(N)=O. The van der Waals surface area contributed by atoms with Crippen molar-refractivity contribution in [2.75, 3.05) is 6.54 Å². The van der Waals surface area contributed by atoms with Gasteiger partial charge in [0.05, 0.1) is 5.92 Å². The van der Waals surface area contributed by atoms with Gasteiger partial charge in [0.1, 0.15) is 23.6 Å². The molecular formula is C22H29N3O5. The Balaban J connectivity index is 1.82. The quantitative estimate of drug-likeness (QED) is 0.636. The van der Waals surface area contributed by atoms with E-state index in [-0.39, 0.29) is 36.2 Å². The van der Waals surface area contributed by atoms with Crippen LogP contribution in [0.25, 0.3) is 0 Å². The summed E-state index contributed by atoms with van der Waals surface area (Å²) in [4.78, 5) is 51.4. The number of likely N-dealkylation sites (tertiary alicyclic amines) is 1. The van der Waals surface area contributed by atoms with E-state index in [4.69, 9.17) is 5.73 Å². The standard InChI is InChI=1S/C22H29N3O5/c1-22(2)12-15(27)11-16(22)20(29)24-17(10-13-5-7-14(26)8-6-13)21(30)25-9-3-4-18(25)19(23)28/h5-8,16-18,26H,3-4,9-12H2,1-2H3,(H2,23,28)(H,24,29)/t16?,17-,18-/m0/s1. The number of nitrogens with zero attached hydrogens (tertiary/aromatic N) is 1. The highest BCUT2D eigenvalue weighted by Crippen LogP contribution is 2.40. The summed E-state index contributed by atoms with van der Waals surface area (Å²) >= 11 is 0. The first-order chi connectivity index (χ1) is 14.1. The fraction of sp³-hybridized carbons (Fsp3) is 0.545. The Morgan fingerprint density at radius 3 is 2.50 bits per heavy atom. The molecule has 1 saturated carbocycles. The van der Waals surface area contributed by atoms with Crippen LogP contribution in [0, 0.1) is 11.3 Å². The zero-order valence-corrected chi connectivity index (χ0v) is 17.4. The van der Waals surface area contributed by atoms with Gasteiger partial charge in [-0.2, -0.15) is 0 Å². The van der Waals surface area contributed by atoms with Crippen LogP contribution in [0.4, 0.5) is 0 Å². The summed E-state index contributed by atoms with van der Waals surface area (Å²) in [5.41, 5.74) is 5.74. The lowest BCUT2D eigenvalue weighted by Crippen LogP contribution is -2.55. The van der Waals surface area contributed by atoms with E-state index in [1.807, 2.05) is 13.8 Å². The van der Waals surface area contributed by atoms with Gasteiger partial charge in [-0.25, -0.2) is 0 Å². The molecule has 2 aliphatic rings. The number of nitrogens with one attached hydrogen (secondary N) is 1. The number of Topliss-reactive ketones (excluding diaryl/α,β-unsaturated/α-hetero) is 1. The first-order valence-corrected chi connectivity index (χ1v) is 10.3. The Hall–Kier alpha value is -2.90. The summed E-state index contributed by atoms with van der Waals surface area (Å²) in [6.07, 6.45) is 1.87. The van der Waals surface area contributed by atoms with Gasteiger partial charge in [0, 0.05) is 25.8 Å². The minimum absolute atomic E-state index is 0.0369. The van der Waals surface area contributed by atoms with Gasteiger partial charge in [0.15, 0.2) is 0 Å². The lowest BCUT2D eigenvalue weighted by atomic mass is 9.81. The number of phenols is 1. The molecule has 1 aromatic rings. The smallest absolute Gasteiger partial charge is 0.246 e. The predicted molar refractivity (Wildman–Crippen MR) is 109 cm³/mol. The number of primary amides is 1. The van der Waals surface area contributed by atoms with E-state index in [9.17, 15) is 24.3 Å². The lowest BCUT2D eigenvalue weighted by molar-refractivity contribution is -0.141. The van der Waals surface area contributed by atoms with Gasteiger partial charge < -0.3 is 21.1 Å². The number of hydrogen-bond donors (Lipinski definition) is 3.